The van der Waals surface area contributed by atoms with Crippen LogP contribution in [0.5, 0.6) is 0 Å². The van der Waals surface area contributed by atoms with Crippen molar-refractivity contribution in [2.75, 3.05) is 5.73 Å². The Hall–Kier alpha value is -2.30. The molecular formula is C18H18ClFN4O4. The van der Waals surface area contributed by atoms with E-state index in [2.05, 4.69) is 9.97 Å². The maximum absolute atomic E-state index is 13.9. The summed E-state index contributed by atoms with van der Waals surface area (Å²) < 4.78 is 21.2. The van der Waals surface area contributed by atoms with Gasteiger partial charge in [0.05, 0.1) is 10.4 Å². The predicted molar refractivity (Wildman–Crippen MR) is 98.8 cm³/mol. The van der Waals surface area contributed by atoms with Crippen molar-refractivity contribution in [1.29, 1.82) is 0 Å². The molecular weight excluding hydrogens is 391 g/mol. The number of hydrogen-bond acceptors (Lipinski definition) is 7. The third kappa shape index (κ3) is 2.83. The molecule has 3 aromatic rings. The lowest BCUT2D eigenvalue weighted by atomic mass is 9.86. The van der Waals surface area contributed by atoms with E-state index in [0.29, 0.717) is 11.0 Å². The zero-order valence-corrected chi connectivity index (χ0v) is 15.5. The predicted octanol–water partition coefficient (Wildman–Crippen LogP) is 1.33. The Labute approximate surface area is 164 Å². The van der Waals surface area contributed by atoms with Crippen molar-refractivity contribution in [2.24, 2.45) is 0 Å². The summed E-state index contributed by atoms with van der Waals surface area (Å²) in [6, 6.07) is 5.46. The van der Waals surface area contributed by atoms with Gasteiger partial charge in [-0.15, -0.1) is 0 Å². The van der Waals surface area contributed by atoms with Gasteiger partial charge in [0.2, 0.25) is 0 Å². The van der Waals surface area contributed by atoms with Crippen LogP contribution in [0.2, 0.25) is 5.02 Å². The molecule has 1 aliphatic rings. The normalized spacial score (nSPS) is 27.2. The Morgan fingerprint density at radius 1 is 1.25 bits per heavy atom. The molecule has 1 saturated heterocycles. The molecule has 0 unspecified atom stereocenters. The smallest absolute Gasteiger partial charge is 0.164 e. The first-order valence-electron chi connectivity index (χ1n) is 8.48. The van der Waals surface area contributed by atoms with Crippen LogP contribution in [0.3, 0.4) is 0 Å². The first-order valence-corrected chi connectivity index (χ1v) is 8.86. The summed E-state index contributed by atoms with van der Waals surface area (Å²) in [5, 5.41) is 32.6. The number of anilines is 1. The van der Waals surface area contributed by atoms with Crippen LogP contribution < -0.4 is 5.73 Å². The number of nitrogens with zero attached hydrogens (tertiary/aromatic N) is 3. The molecule has 0 radical (unpaired) electrons. The minimum Gasteiger partial charge on any atom is -0.387 e. The van der Waals surface area contributed by atoms with Gasteiger partial charge in [0.1, 0.15) is 47.5 Å². The topological polar surface area (TPSA) is 127 Å². The van der Waals surface area contributed by atoms with Gasteiger partial charge in [0.15, 0.2) is 6.23 Å². The van der Waals surface area contributed by atoms with E-state index in [-0.39, 0.29) is 16.4 Å². The maximum atomic E-state index is 13.9. The summed E-state index contributed by atoms with van der Waals surface area (Å²) in [6.45, 7) is 1.37. The number of fused-ring (bicyclic) bond motifs is 1. The van der Waals surface area contributed by atoms with Gasteiger partial charge >= 0.3 is 0 Å². The number of rotatable bonds is 3. The molecule has 28 heavy (non-hydrogen) atoms. The largest absolute Gasteiger partial charge is 0.387 e. The third-order valence-corrected chi connectivity index (χ3v) is 5.42. The highest BCUT2D eigenvalue weighted by atomic mass is 35.5. The van der Waals surface area contributed by atoms with Gasteiger partial charge in [0, 0.05) is 6.20 Å². The summed E-state index contributed by atoms with van der Waals surface area (Å²) in [6.07, 6.45) is -2.25. The van der Waals surface area contributed by atoms with E-state index < -0.39 is 36.0 Å². The zero-order valence-electron chi connectivity index (χ0n) is 14.7. The maximum Gasteiger partial charge on any atom is 0.164 e. The average molecular weight is 409 g/mol. The number of hydrogen-bond donors (Lipinski definition) is 4. The SMILES string of the molecule is C[C@](O)(c1ccc(Cl)c(F)c1)[C@H]1O[C@@H](n2ccc3c(N)ncnc32)[C@H](O)[C@@H]1O. The highest BCUT2D eigenvalue weighted by Crippen LogP contribution is 2.41. The fourth-order valence-corrected chi connectivity index (χ4v) is 3.64. The lowest BCUT2D eigenvalue weighted by Gasteiger charge is -2.32. The van der Waals surface area contributed by atoms with Crippen LogP contribution in [0.25, 0.3) is 11.0 Å². The van der Waals surface area contributed by atoms with Crippen molar-refractivity contribution in [1.82, 2.24) is 14.5 Å². The number of aliphatic hydroxyl groups is 3. The molecule has 5 atom stereocenters. The molecule has 5 N–H and O–H groups in total. The molecule has 0 spiro atoms. The Morgan fingerprint density at radius 2 is 2.00 bits per heavy atom. The Bertz CT molecular complexity index is 1040. The van der Waals surface area contributed by atoms with E-state index in [9.17, 15) is 19.7 Å². The van der Waals surface area contributed by atoms with E-state index in [1.165, 1.54) is 30.0 Å². The Kier molecular flexibility index (Phi) is 4.52. The van der Waals surface area contributed by atoms with Crippen LogP contribution in [-0.4, -0.2) is 48.2 Å². The quantitative estimate of drug-likeness (QED) is 0.515. The van der Waals surface area contributed by atoms with E-state index in [1.807, 2.05) is 0 Å². The van der Waals surface area contributed by atoms with Gasteiger partial charge in [-0.25, -0.2) is 14.4 Å². The second-order valence-corrected chi connectivity index (χ2v) is 7.33. The number of benzene rings is 1. The van der Waals surface area contributed by atoms with E-state index in [0.717, 1.165) is 6.07 Å². The second kappa shape index (κ2) is 6.64. The number of aromatic nitrogens is 3. The summed E-state index contributed by atoms with van der Waals surface area (Å²) in [7, 11) is 0. The van der Waals surface area contributed by atoms with Gasteiger partial charge in [-0.2, -0.15) is 0 Å². The number of aliphatic hydroxyl groups excluding tert-OH is 2. The van der Waals surface area contributed by atoms with E-state index >= 15 is 0 Å². The molecule has 148 valence electrons. The molecule has 1 aliphatic heterocycles. The Balaban J connectivity index is 1.71. The van der Waals surface area contributed by atoms with Gasteiger partial charge in [-0.3, -0.25) is 0 Å². The summed E-state index contributed by atoms with van der Waals surface area (Å²) >= 11 is 5.70. The van der Waals surface area contributed by atoms with Gasteiger partial charge in [-0.1, -0.05) is 17.7 Å². The van der Waals surface area contributed by atoms with Crippen molar-refractivity contribution < 1.29 is 24.4 Å². The summed E-state index contributed by atoms with van der Waals surface area (Å²) in [5.74, 6) is -0.454. The van der Waals surface area contributed by atoms with Gasteiger partial charge < -0.3 is 30.4 Å². The van der Waals surface area contributed by atoms with Crippen LogP contribution in [0.4, 0.5) is 10.2 Å². The molecule has 1 aromatic carbocycles. The fourth-order valence-electron chi connectivity index (χ4n) is 3.53. The highest BCUT2D eigenvalue weighted by molar-refractivity contribution is 6.30. The molecule has 0 bridgehead atoms. The molecule has 8 nitrogen and oxygen atoms in total. The van der Waals surface area contributed by atoms with Crippen molar-refractivity contribution >= 4 is 28.5 Å². The van der Waals surface area contributed by atoms with E-state index in [4.69, 9.17) is 22.1 Å². The Morgan fingerprint density at radius 3 is 2.71 bits per heavy atom. The van der Waals surface area contributed by atoms with Crippen LogP contribution in [0, 0.1) is 5.82 Å². The van der Waals surface area contributed by atoms with Gasteiger partial charge in [0.25, 0.3) is 0 Å². The highest BCUT2D eigenvalue weighted by Gasteiger charge is 2.52. The van der Waals surface area contributed by atoms with E-state index in [1.54, 1.807) is 12.3 Å². The third-order valence-electron chi connectivity index (χ3n) is 5.11. The first-order chi connectivity index (χ1) is 13.2. The van der Waals surface area contributed by atoms with Crippen molar-refractivity contribution in [2.45, 2.75) is 37.1 Å². The van der Waals surface area contributed by atoms with Crippen LogP contribution in [-0.2, 0) is 10.3 Å². The average Bonchev–Trinajstić information content (AvgIpc) is 3.20. The fraction of sp³-hybridized carbons (Fsp3) is 0.333. The van der Waals surface area contributed by atoms with Crippen LogP contribution >= 0.6 is 11.6 Å². The minimum absolute atomic E-state index is 0.0959. The molecule has 1 fully saturated rings. The second-order valence-electron chi connectivity index (χ2n) is 6.92. The van der Waals surface area contributed by atoms with Crippen LogP contribution in [0.1, 0.15) is 18.7 Å². The van der Waals surface area contributed by atoms with Crippen LogP contribution in [0.15, 0.2) is 36.8 Å². The summed E-state index contributed by atoms with van der Waals surface area (Å²) in [5.41, 5.74) is 4.57. The number of nitrogens with two attached hydrogens (primary N) is 1. The van der Waals surface area contributed by atoms with Crippen molar-refractivity contribution in [3.63, 3.8) is 0 Å². The van der Waals surface area contributed by atoms with Gasteiger partial charge in [-0.05, 0) is 30.7 Å². The lowest BCUT2D eigenvalue weighted by molar-refractivity contribution is -0.135. The molecule has 0 amide bonds. The molecule has 3 heterocycles. The molecule has 0 aliphatic carbocycles. The molecule has 0 saturated carbocycles. The summed E-state index contributed by atoms with van der Waals surface area (Å²) in [4.78, 5) is 8.05. The molecule has 2 aromatic heterocycles. The lowest BCUT2D eigenvalue weighted by Crippen LogP contribution is -2.45. The zero-order chi connectivity index (χ0) is 20.2. The molecule has 10 heteroatoms. The first kappa shape index (κ1) is 19.0. The van der Waals surface area contributed by atoms with Crippen molar-refractivity contribution in [3.8, 4) is 0 Å². The molecule has 4 rings (SSSR count). The monoisotopic (exact) mass is 408 g/mol. The van der Waals surface area contributed by atoms with Crippen molar-refractivity contribution in [3.05, 3.63) is 53.2 Å². The minimum atomic E-state index is -1.81. The number of nitrogen functional groups attached to an aromatic ring is 1. The number of ether oxygens (including phenoxy) is 1. The number of halogens is 2. The standard InChI is InChI=1S/C18H18ClFN4O4/c1-18(27,8-2-3-10(19)11(20)6-8)14-12(25)13(26)17(28-14)24-5-4-9-15(21)22-7-23-16(9)24/h2-7,12-14,17,25-27H,1H3,(H2,21,22,23)/t12-,13+,14-,17+,18-/m0/s1.